The number of rotatable bonds is 3. The van der Waals surface area contributed by atoms with Gasteiger partial charge in [-0.25, -0.2) is 14.1 Å². The summed E-state index contributed by atoms with van der Waals surface area (Å²) >= 11 is 0. The highest BCUT2D eigenvalue weighted by molar-refractivity contribution is 6.16. The molecule has 0 unspecified atom stereocenters. The second kappa shape index (κ2) is 8.17. The number of para-hydroxylation sites is 3. The lowest BCUT2D eigenvalue weighted by molar-refractivity contribution is -0.677. The van der Waals surface area contributed by atoms with Gasteiger partial charge in [-0.15, -0.1) is 0 Å². The first kappa shape index (κ1) is 21.9. The number of hydrogen-bond acceptors (Lipinski definition) is 1. The molecular weight excluding hydrogens is 478 g/mol. The van der Waals surface area contributed by atoms with Gasteiger partial charge in [0.15, 0.2) is 0 Å². The van der Waals surface area contributed by atoms with E-state index in [4.69, 9.17) is 4.98 Å². The van der Waals surface area contributed by atoms with Crippen molar-refractivity contribution in [1.29, 1.82) is 0 Å². The van der Waals surface area contributed by atoms with Crippen LogP contribution in [0.3, 0.4) is 0 Å². The van der Waals surface area contributed by atoms with E-state index in [1.54, 1.807) is 0 Å². The molecule has 0 atom stereocenters. The Morgan fingerprint density at radius 1 is 0.564 bits per heavy atom. The number of nitrogens with zero attached hydrogens (tertiary/aromatic N) is 5. The van der Waals surface area contributed by atoms with Crippen LogP contribution in [0.4, 0.5) is 0 Å². The van der Waals surface area contributed by atoms with E-state index in [0.717, 1.165) is 50.2 Å². The second-order valence-electron chi connectivity index (χ2n) is 10.1. The highest BCUT2D eigenvalue weighted by atomic mass is 15.1. The van der Waals surface area contributed by atoms with Crippen molar-refractivity contribution in [3.05, 3.63) is 127 Å². The van der Waals surface area contributed by atoms with Crippen molar-refractivity contribution < 1.29 is 4.57 Å². The van der Waals surface area contributed by atoms with E-state index in [1.165, 1.54) is 16.6 Å². The number of imidazole rings is 1. The summed E-state index contributed by atoms with van der Waals surface area (Å²) < 4.78 is 8.94. The maximum Gasteiger partial charge on any atom is 0.258 e. The molecule has 4 aromatic heterocycles. The highest BCUT2D eigenvalue weighted by Gasteiger charge is 2.20. The molecule has 186 valence electrons. The van der Waals surface area contributed by atoms with Crippen molar-refractivity contribution in [3.8, 4) is 17.1 Å². The molecule has 0 aliphatic heterocycles. The number of hydrogen-bond donors (Lipinski definition) is 0. The van der Waals surface area contributed by atoms with Crippen LogP contribution in [0.25, 0.3) is 60.9 Å². The SMILES string of the molecule is Cc1n(-c2cccc(-n3c4ccccc4c4cc5c6ccccc6n(-c6ccccc6)c5nc43)c2)cc[n+]1C. The molecule has 0 bridgehead atoms. The minimum atomic E-state index is 0.954. The van der Waals surface area contributed by atoms with Crippen molar-refractivity contribution in [3.63, 3.8) is 0 Å². The predicted molar refractivity (Wildman–Crippen MR) is 158 cm³/mol. The summed E-state index contributed by atoms with van der Waals surface area (Å²) in [4.78, 5) is 5.44. The zero-order valence-corrected chi connectivity index (χ0v) is 21.8. The van der Waals surface area contributed by atoms with Crippen LogP contribution in [0.1, 0.15) is 5.82 Å². The lowest BCUT2D eigenvalue weighted by Gasteiger charge is -2.10. The molecule has 0 saturated carbocycles. The largest absolute Gasteiger partial charge is 0.294 e. The second-order valence-corrected chi connectivity index (χ2v) is 10.1. The molecule has 0 spiro atoms. The number of aromatic nitrogens is 5. The fourth-order valence-electron chi connectivity index (χ4n) is 5.96. The summed E-state index contributed by atoms with van der Waals surface area (Å²) in [6, 6.07) is 38.8. The molecule has 0 saturated heterocycles. The van der Waals surface area contributed by atoms with Crippen molar-refractivity contribution in [2.45, 2.75) is 6.92 Å². The highest BCUT2D eigenvalue weighted by Crippen LogP contribution is 2.37. The molecule has 5 heteroatoms. The van der Waals surface area contributed by atoms with E-state index < -0.39 is 0 Å². The summed E-state index contributed by atoms with van der Waals surface area (Å²) in [7, 11) is 2.07. The van der Waals surface area contributed by atoms with E-state index in [1.807, 2.05) is 0 Å². The standard InChI is InChI=1S/C34H26N5/c1-23-36(2)19-20-37(23)25-13-10-14-26(21-25)39-32-18-9-7-16-28(32)30-22-29-27-15-6-8-17-31(27)38(33(29)35-34(30)39)24-11-4-3-5-12-24/h3-22H,1-2H3/q+1. The summed E-state index contributed by atoms with van der Waals surface area (Å²) in [5.74, 6) is 1.17. The van der Waals surface area contributed by atoms with Gasteiger partial charge in [0.1, 0.15) is 29.4 Å². The van der Waals surface area contributed by atoms with Crippen LogP contribution in [0.5, 0.6) is 0 Å². The summed E-state index contributed by atoms with van der Waals surface area (Å²) in [6.07, 6.45) is 4.20. The van der Waals surface area contributed by atoms with E-state index in [2.05, 4.69) is 154 Å². The summed E-state index contributed by atoms with van der Waals surface area (Å²) in [5.41, 5.74) is 7.54. The van der Waals surface area contributed by atoms with E-state index in [0.29, 0.717) is 0 Å². The third kappa shape index (κ3) is 3.13. The van der Waals surface area contributed by atoms with E-state index in [-0.39, 0.29) is 0 Å². The smallest absolute Gasteiger partial charge is 0.258 e. The van der Waals surface area contributed by atoms with Gasteiger partial charge < -0.3 is 0 Å². The van der Waals surface area contributed by atoms with Crippen LogP contribution in [-0.4, -0.2) is 18.7 Å². The minimum Gasteiger partial charge on any atom is -0.294 e. The van der Waals surface area contributed by atoms with Crippen LogP contribution in [0.2, 0.25) is 0 Å². The Morgan fingerprint density at radius 2 is 1.13 bits per heavy atom. The normalized spacial score (nSPS) is 11.8. The average Bonchev–Trinajstić information content (AvgIpc) is 3.61. The van der Waals surface area contributed by atoms with Crippen LogP contribution in [0.15, 0.2) is 122 Å². The zero-order valence-electron chi connectivity index (χ0n) is 21.8. The van der Waals surface area contributed by atoms with Crippen LogP contribution in [0, 0.1) is 6.92 Å². The van der Waals surface area contributed by atoms with Gasteiger partial charge in [-0.2, -0.15) is 0 Å². The van der Waals surface area contributed by atoms with Gasteiger partial charge >= 0.3 is 0 Å². The first-order chi connectivity index (χ1) is 19.2. The fraction of sp³-hybridized carbons (Fsp3) is 0.0588. The molecule has 0 aliphatic carbocycles. The molecule has 0 aliphatic rings. The molecule has 4 heterocycles. The topological polar surface area (TPSA) is 31.6 Å². The monoisotopic (exact) mass is 504 g/mol. The summed E-state index contributed by atoms with van der Waals surface area (Å²) in [5, 5.41) is 4.73. The van der Waals surface area contributed by atoms with E-state index in [9.17, 15) is 0 Å². The molecule has 5 nitrogen and oxygen atoms in total. The van der Waals surface area contributed by atoms with Gasteiger partial charge in [0.25, 0.3) is 5.82 Å². The molecule has 4 aromatic carbocycles. The maximum absolute atomic E-state index is 5.44. The number of pyridine rings is 1. The van der Waals surface area contributed by atoms with Gasteiger partial charge in [0, 0.05) is 40.2 Å². The lowest BCUT2D eigenvalue weighted by Crippen LogP contribution is -2.29. The molecular formula is C34H26N5+. The maximum atomic E-state index is 5.44. The van der Waals surface area contributed by atoms with Crippen molar-refractivity contribution in [2.75, 3.05) is 0 Å². The molecule has 39 heavy (non-hydrogen) atoms. The Kier molecular flexibility index (Phi) is 4.58. The van der Waals surface area contributed by atoms with Crippen LogP contribution < -0.4 is 4.57 Å². The Morgan fingerprint density at radius 3 is 1.77 bits per heavy atom. The Labute approximate surface area is 225 Å². The minimum absolute atomic E-state index is 0.954. The predicted octanol–water partition coefficient (Wildman–Crippen LogP) is 7.20. The molecule has 0 radical (unpaired) electrons. The van der Waals surface area contributed by atoms with E-state index >= 15 is 0 Å². The quantitative estimate of drug-likeness (QED) is 0.234. The lowest BCUT2D eigenvalue weighted by atomic mass is 10.1. The number of fused-ring (bicyclic) bond motifs is 6. The summed E-state index contributed by atoms with van der Waals surface area (Å²) in [6.45, 7) is 2.13. The third-order valence-electron chi connectivity index (χ3n) is 7.96. The van der Waals surface area contributed by atoms with Crippen LogP contribution >= 0.6 is 0 Å². The Bertz CT molecular complexity index is 2190. The Hall–Kier alpha value is -5.16. The van der Waals surface area contributed by atoms with Crippen molar-refractivity contribution in [2.24, 2.45) is 7.05 Å². The zero-order chi connectivity index (χ0) is 26.1. The van der Waals surface area contributed by atoms with Gasteiger partial charge in [0.05, 0.1) is 23.8 Å². The number of benzene rings is 4. The third-order valence-corrected chi connectivity index (χ3v) is 7.96. The first-order valence-corrected chi connectivity index (χ1v) is 13.2. The first-order valence-electron chi connectivity index (χ1n) is 13.2. The van der Waals surface area contributed by atoms with Crippen molar-refractivity contribution >= 4 is 43.9 Å². The van der Waals surface area contributed by atoms with Gasteiger partial charge in [0.2, 0.25) is 0 Å². The molecule has 0 N–H and O–H groups in total. The van der Waals surface area contributed by atoms with Gasteiger partial charge in [-0.05, 0) is 42.5 Å². The van der Waals surface area contributed by atoms with Gasteiger partial charge in [-0.1, -0.05) is 60.7 Å². The average molecular weight is 505 g/mol. The Balaban J connectivity index is 1.49. The number of aryl methyl sites for hydroxylation is 1. The molecule has 0 fully saturated rings. The molecule has 8 aromatic rings. The molecule has 8 rings (SSSR count). The van der Waals surface area contributed by atoms with Gasteiger partial charge in [-0.3, -0.25) is 9.13 Å². The van der Waals surface area contributed by atoms with Crippen LogP contribution in [-0.2, 0) is 7.05 Å². The molecule has 0 amide bonds. The fourth-order valence-corrected chi connectivity index (χ4v) is 5.96. The van der Waals surface area contributed by atoms with Crippen molar-refractivity contribution in [1.82, 2.24) is 18.7 Å².